The average molecular weight is 219 g/mol. The van der Waals surface area contributed by atoms with Gasteiger partial charge in [-0.05, 0) is 18.2 Å². The molecule has 3 nitrogen and oxygen atoms in total. The topological polar surface area (TPSA) is 46.5 Å². The predicted molar refractivity (Wildman–Crippen MR) is 48.8 cm³/mol. The second-order valence-electron chi connectivity index (χ2n) is 2.49. The third kappa shape index (κ3) is 2.68. The predicted octanol–water partition coefficient (Wildman–Crippen LogP) is 1.63. The fourth-order valence-electron chi connectivity index (χ4n) is 0.845. The zero-order valence-electron chi connectivity index (χ0n) is 7.17. The van der Waals surface area contributed by atoms with Crippen molar-refractivity contribution in [2.75, 3.05) is 13.2 Å². The molecule has 14 heavy (non-hydrogen) atoms. The van der Waals surface area contributed by atoms with Crippen LogP contribution in [0.2, 0.25) is 5.02 Å². The van der Waals surface area contributed by atoms with Gasteiger partial charge in [-0.3, -0.25) is 0 Å². The van der Waals surface area contributed by atoms with Crippen LogP contribution in [0.5, 0.6) is 0 Å². The Morgan fingerprint density at radius 1 is 1.57 bits per heavy atom. The van der Waals surface area contributed by atoms with Gasteiger partial charge in [-0.25, -0.2) is 9.18 Å². The number of carbonyl (C=O) groups is 1. The van der Waals surface area contributed by atoms with E-state index in [9.17, 15) is 9.18 Å². The molecule has 0 heterocycles. The van der Waals surface area contributed by atoms with Crippen molar-refractivity contribution in [3.8, 4) is 0 Å². The largest absolute Gasteiger partial charge is 0.460 e. The molecule has 0 spiro atoms. The summed E-state index contributed by atoms with van der Waals surface area (Å²) in [7, 11) is 0. The Hall–Kier alpha value is -1.13. The van der Waals surface area contributed by atoms with E-state index in [0.717, 1.165) is 6.07 Å². The number of aliphatic hydroxyl groups is 1. The molecule has 0 fully saturated rings. The third-order valence-electron chi connectivity index (χ3n) is 1.48. The van der Waals surface area contributed by atoms with Crippen LogP contribution in [-0.2, 0) is 4.74 Å². The maximum absolute atomic E-state index is 12.7. The molecule has 0 aliphatic heterocycles. The fraction of sp³-hybridized carbons (Fsp3) is 0.222. The second-order valence-corrected chi connectivity index (χ2v) is 2.90. The molecule has 0 unspecified atom stereocenters. The molecule has 76 valence electrons. The first-order chi connectivity index (χ1) is 6.65. The number of benzene rings is 1. The minimum absolute atomic E-state index is 0.0895. The maximum atomic E-state index is 12.7. The van der Waals surface area contributed by atoms with Crippen molar-refractivity contribution >= 4 is 17.6 Å². The van der Waals surface area contributed by atoms with E-state index in [0.29, 0.717) is 0 Å². The van der Waals surface area contributed by atoms with Gasteiger partial charge in [-0.1, -0.05) is 11.6 Å². The van der Waals surface area contributed by atoms with Crippen LogP contribution in [-0.4, -0.2) is 24.3 Å². The van der Waals surface area contributed by atoms with Gasteiger partial charge in [0.25, 0.3) is 0 Å². The van der Waals surface area contributed by atoms with E-state index in [2.05, 4.69) is 4.74 Å². The van der Waals surface area contributed by atoms with Crippen LogP contribution in [0.15, 0.2) is 18.2 Å². The minimum atomic E-state index is -0.638. The molecular formula is C9H8ClFO3. The van der Waals surface area contributed by atoms with Gasteiger partial charge in [-0.15, -0.1) is 0 Å². The smallest absolute Gasteiger partial charge is 0.338 e. The Bertz CT molecular complexity index is 341. The highest BCUT2D eigenvalue weighted by atomic mass is 35.5. The molecule has 5 heteroatoms. The molecule has 1 N–H and O–H groups in total. The van der Waals surface area contributed by atoms with Crippen LogP contribution in [0.3, 0.4) is 0 Å². The zero-order valence-corrected chi connectivity index (χ0v) is 7.92. The van der Waals surface area contributed by atoms with E-state index in [4.69, 9.17) is 16.7 Å². The highest BCUT2D eigenvalue weighted by Crippen LogP contribution is 2.16. The Labute approximate surface area is 85.1 Å². The molecule has 1 rings (SSSR count). The summed E-state index contributed by atoms with van der Waals surface area (Å²) in [6.45, 7) is -0.339. The lowest BCUT2D eigenvalue weighted by Crippen LogP contribution is -2.08. The quantitative estimate of drug-likeness (QED) is 0.785. The van der Waals surface area contributed by atoms with Gasteiger partial charge in [0.2, 0.25) is 0 Å². The lowest BCUT2D eigenvalue weighted by Gasteiger charge is -2.02. The summed E-state index contributed by atoms with van der Waals surface area (Å²) in [5.74, 6) is -1.23. The summed E-state index contributed by atoms with van der Waals surface area (Å²) < 4.78 is 17.3. The molecule has 0 radical (unpaired) electrons. The van der Waals surface area contributed by atoms with Crippen LogP contribution in [0.4, 0.5) is 4.39 Å². The van der Waals surface area contributed by atoms with Crippen LogP contribution in [0.25, 0.3) is 0 Å². The second kappa shape index (κ2) is 4.93. The molecule has 0 bridgehead atoms. The molecule has 0 aliphatic carbocycles. The Morgan fingerprint density at radius 2 is 2.29 bits per heavy atom. The first-order valence-electron chi connectivity index (χ1n) is 3.88. The number of halogens is 2. The van der Waals surface area contributed by atoms with Gasteiger partial charge >= 0.3 is 5.97 Å². The highest BCUT2D eigenvalue weighted by Gasteiger charge is 2.09. The normalized spacial score (nSPS) is 9.93. The van der Waals surface area contributed by atoms with Crippen molar-refractivity contribution in [2.24, 2.45) is 0 Å². The number of rotatable bonds is 3. The Kier molecular flexibility index (Phi) is 3.85. The Balaban J connectivity index is 2.76. The molecule has 0 amide bonds. The molecule has 0 aliphatic rings. The summed E-state index contributed by atoms with van der Waals surface area (Å²) in [5.41, 5.74) is 0.157. The lowest BCUT2D eigenvalue weighted by atomic mass is 10.2. The average Bonchev–Trinajstić information content (AvgIpc) is 2.18. The van der Waals surface area contributed by atoms with E-state index in [1.54, 1.807) is 0 Å². The molecular weight excluding hydrogens is 211 g/mol. The molecule has 0 saturated heterocycles. The first kappa shape index (κ1) is 10.9. The molecule has 0 aromatic heterocycles. The van der Waals surface area contributed by atoms with Gasteiger partial charge in [0.05, 0.1) is 17.2 Å². The van der Waals surface area contributed by atoms with Gasteiger partial charge in [0, 0.05) is 0 Å². The van der Waals surface area contributed by atoms with Crippen LogP contribution in [0, 0.1) is 5.82 Å². The fourth-order valence-corrected chi connectivity index (χ4v) is 1.03. The van der Waals surface area contributed by atoms with E-state index in [1.807, 2.05) is 0 Å². The van der Waals surface area contributed by atoms with E-state index >= 15 is 0 Å². The Morgan fingerprint density at radius 3 is 2.86 bits per heavy atom. The van der Waals surface area contributed by atoms with E-state index < -0.39 is 11.8 Å². The van der Waals surface area contributed by atoms with Gasteiger partial charge in [-0.2, -0.15) is 0 Å². The SMILES string of the molecule is O=C(OCCO)c1ccc(F)c(Cl)c1. The first-order valence-corrected chi connectivity index (χ1v) is 4.26. The van der Waals surface area contributed by atoms with E-state index in [-0.39, 0.29) is 23.8 Å². The zero-order chi connectivity index (χ0) is 10.6. The highest BCUT2D eigenvalue weighted by molar-refractivity contribution is 6.31. The molecule has 1 aromatic rings. The van der Waals surface area contributed by atoms with Crippen molar-refractivity contribution in [1.82, 2.24) is 0 Å². The summed E-state index contributed by atoms with van der Waals surface area (Å²) in [5, 5.41) is 8.26. The molecule has 1 aromatic carbocycles. The number of aliphatic hydroxyl groups excluding tert-OH is 1. The number of esters is 1. The standard InChI is InChI=1S/C9H8ClFO3/c10-7-5-6(1-2-8(7)11)9(13)14-4-3-12/h1-2,5,12H,3-4H2. The van der Waals surface area contributed by atoms with Gasteiger partial charge in [0.1, 0.15) is 12.4 Å². The van der Waals surface area contributed by atoms with Crippen molar-refractivity contribution < 1.29 is 19.0 Å². The van der Waals surface area contributed by atoms with Crippen LogP contribution < -0.4 is 0 Å². The third-order valence-corrected chi connectivity index (χ3v) is 1.77. The van der Waals surface area contributed by atoms with Crippen molar-refractivity contribution in [1.29, 1.82) is 0 Å². The monoisotopic (exact) mass is 218 g/mol. The molecule has 0 atom stereocenters. The van der Waals surface area contributed by atoms with Crippen molar-refractivity contribution in [3.05, 3.63) is 34.6 Å². The maximum Gasteiger partial charge on any atom is 0.338 e. The van der Waals surface area contributed by atoms with Crippen LogP contribution in [0.1, 0.15) is 10.4 Å². The van der Waals surface area contributed by atoms with E-state index in [1.165, 1.54) is 12.1 Å². The van der Waals surface area contributed by atoms with Crippen molar-refractivity contribution in [3.63, 3.8) is 0 Å². The van der Waals surface area contributed by atoms with Crippen LogP contribution >= 0.6 is 11.6 Å². The number of ether oxygens (including phenoxy) is 1. The van der Waals surface area contributed by atoms with Gasteiger partial charge in [0.15, 0.2) is 0 Å². The summed E-state index contributed by atoms with van der Waals surface area (Å²) in [4.78, 5) is 11.2. The molecule has 0 saturated carbocycles. The van der Waals surface area contributed by atoms with Crippen molar-refractivity contribution in [2.45, 2.75) is 0 Å². The summed E-state index contributed by atoms with van der Waals surface area (Å²) >= 11 is 5.46. The van der Waals surface area contributed by atoms with Gasteiger partial charge < -0.3 is 9.84 Å². The lowest BCUT2D eigenvalue weighted by molar-refractivity contribution is 0.0433. The minimum Gasteiger partial charge on any atom is -0.460 e. The number of hydrogen-bond acceptors (Lipinski definition) is 3. The summed E-state index contributed by atoms with van der Waals surface area (Å²) in [6.07, 6.45) is 0. The number of carbonyl (C=O) groups excluding carboxylic acids is 1. The number of hydrogen-bond donors (Lipinski definition) is 1. The summed E-state index contributed by atoms with van der Waals surface area (Å²) in [6, 6.07) is 3.52.